The molecule has 2 rings (SSSR count). The molecule has 5 nitrogen and oxygen atoms in total. The SMILES string of the molecule is C=C(C)CN1C(=O)C(CC)Oc2c(OC)cc(C=O)cc21. The van der Waals surface area contributed by atoms with Crippen LogP contribution in [0.2, 0.25) is 0 Å². The molecular formula is C16H19NO4. The van der Waals surface area contributed by atoms with Gasteiger partial charge in [0, 0.05) is 12.1 Å². The average molecular weight is 289 g/mol. The lowest BCUT2D eigenvalue weighted by molar-refractivity contribution is -0.126. The van der Waals surface area contributed by atoms with E-state index in [9.17, 15) is 9.59 Å². The first-order valence-electron chi connectivity index (χ1n) is 6.81. The number of nitrogens with zero attached hydrogens (tertiary/aromatic N) is 1. The molecule has 112 valence electrons. The lowest BCUT2D eigenvalue weighted by Gasteiger charge is -2.35. The summed E-state index contributed by atoms with van der Waals surface area (Å²) >= 11 is 0. The number of benzene rings is 1. The van der Waals surface area contributed by atoms with Crippen molar-refractivity contribution in [1.82, 2.24) is 0 Å². The summed E-state index contributed by atoms with van der Waals surface area (Å²) in [4.78, 5) is 25.2. The Morgan fingerprint density at radius 1 is 1.52 bits per heavy atom. The topological polar surface area (TPSA) is 55.8 Å². The Hall–Kier alpha value is -2.30. The summed E-state index contributed by atoms with van der Waals surface area (Å²) in [5.74, 6) is 0.821. The summed E-state index contributed by atoms with van der Waals surface area (Å²) in [6, 6.07) is 3.24. The molecule has 1 amide bonds. The summed E-state index contributed by atoms with van der Waals surface area (Å²) in [7, 11) is 1.51. The molecule has 0 spiro atoms. The number of methoxy groups -OCH3 is 1. The molecule has 1 aromatic rings. The van der Waals surface area contributed by atoms with Crippen molar-refractivity contribution >= 4 is 17.9 Å². The van der Waals surface area contributed by atoms with E-state index in [4.69, 9.17) is 9.47 Å². The molecule has 0 aromatic heterocycles. The van der Waals surface area contributed by atoms with Gasteiger partial charge in [0.1, 0.15) is 6.29 Å². The lowest BCUT2D eigenvalue weighted by atomic mass is 10.1. The number of carbonyl (C=O) groups excluding carboxylic acids is 2. The molecule has 0 radical (unpaired) electrons. The molecule has 0 aliphatic carbocycles. The van der Waals surface area contributed by atoms with Crippen LogP contribution >= 0.6 is 0 Å². The Labute approximate surface area is 124 Å². The Morgan fingerprint density at radius 2 is 2.24 bits per heavy atom. The lowest BCUT2D eigenvalue weighted by Crippen LogP contribution is -2.46. The molecule has 1 atom stereocenters. The van der Waals surface area contributed by atoms with E-state index in [-0.39, 0.29) is 5.91 Å². The standard InChI is InChI=1S/C16H19NO4/c1-5-13-16(19)17(8-10(2)3)12-6-11(9-18)7-14(20-4)15(12)21-13/h6-7,9,13H,2,5,8H2,1,3-4H3. The van der Waals surface area contributed by atoms with Gasteiger partial charge < -0.3 is 14.4 Å². The first kappa shape index (κ1) is 15.1. The van der Waals surface area contributed by atoms with Crippen molar-refractivity contribution in [2.45, 2.75) is 26.4 Å². The zero-order valence-electron chi connectivity index (χ0n) is 12.5. The predicted octanol–water partition coefficient (Wildman–Crippen LogP) is 2.59. The third-order valence-corrected chi connectivity index (χ3v) is 3.30. The van der Waals surface area contributed by atoms with Gasteiger partial charge in [0.15, 0.2) is 17.6 Å². The van der Waals surface area contributed by atoms with Gasteiger partial charge in [0.2, 0.25) is 0 Å². The summed E-state index contributed by atoms with van der Waals surface area (Å²) in [5, 5.41) is 0. The molecule has 0 saturated carbocycles. The van der Waals surface area contributed by atoms with Crippen molar-refractivity contribution in [3.8, 4) is 11.5 Å². The van der Waals surface area contributed by atoms with E-state index < -0.39 is 6.10 Å². The van der Waals surface area contributed by atoms with Crippen LogP contribution in [0.3, 0.4) is 0 Å². The van der Waals surface area contributed by atoms with Crippen LogP contribution < -0.4 is 14.4 Å². The summed E-state index contributed by atoms with van der Waals surface area (Å²) in [5.41, 5.74) is 1.83. The van der Waals surface area contributed by atoms with E-state index in [2.05, 4.69) is 6.58 Å². The smallest absolute Gasteiger partial charge is 0.268 e. The van der Waals surface area contributed by atoms with Gasteiger partial charge in [0.25, 0.3) is 5.91 Å². The summed E-state index contributed by atoms with van der Waals surface area (Å²) in [6.45, 7) is 7.98. The molecule has 21 heavy (non-hydrogen) atoms. The number of amides is 1. The van der Waals surface area contributed by atoms with Gasteiger partial charge >= 0.3 is 0 Å². The second-order valence-electron chi connectivity index (χ2n) is 5.09. The van der Waals surface area contributed by atoms with Crippen LogP contribution in [0.4, 0.5) is 5.69 Å². The van der Waals surface area contributed by atoms with Gasteiger partial charge in [-0.15, -0.1) is 0 Å². The maximum Gasteiger partial charge on any atom is 0.268 e. The van der Waals surface area contributed by atoms with Crippen molar-refractivity contribution in [2.75, 3.05) is 18.6 Å². The number of anilines is 1. The monoisotopic (exact) mass is 289 g/mol. The number of hydrogen-bond donors (Lipinski definition) is 0. The van der Waals surface area contributed by atoms with E-state index in [1.807, 2.05) is 13.8 Å². The Kier molecular flexibility index (Phi) is 4.31. The molecule has 1 unspecified atom stereocenters. The fourth-order valence-corrected chi connectivity index (χ4v) is 2.32. The summed E-state index contributed by atoms with van der Waals surface area (Å²) in [6.07, 6.45) is 0.731. The molecule has 1 heterocycles. The van der Waals surface area contributed by atoms with Crippen molar-refractivity contribution in [3.05, 3.63) is 29.8 Å². The maximum atomic E-state index is 12.5. The van der Waals surface area contributed by atoms with Crippen LogP contribution in [-0.2, 0) is 4.79 Å². The highest BCUT2D eigenvalue weighted by molar-refractivity contribution is 6.02. The Bertz CT molecular complexity index is 594. The van der Waals surface area contributed by atoms with E-state index >= 15 is 0 Å². The number of hydrogen-bond acceptors (Lipinski definition) is 4. The molecule has 1 aromatic carbocycles. The van der Waals surface area contributed by atoms with Gasteiger partial charge in [-0.25, -0.2) is 0 Å². The number of ether oxygens (including phenoxy) is 2. The number of carbonyl (C=O) groups is 2. The highest BCUT2D eigenvalue weighted by Crippen LogP contribution is 2.43. The molecule has 5 heteroatoms. The van der Waals surface area contributed by atoms with Gasteiger partial charge in [-0.2, -0.15) is 0 Å². The van der Waals surface area contributed by atoms with Crippen LogP contribution in [0.5, 0.6) is 11.5 Å². The van der Waals surface area contributed by atoms with Crippen LogP contribution in [0.1, 0.15) is 30.6 Å². The Morgan fingerprint density at radius 3 is 2.76 bits per heavy atom. The first-order chi connectivity index (χ1) is 10.0. The van der Waals surface area contributed by atoms with Gasteiger partial charge in [-0.05, 0) is 25.5 Å². The molecular weight excluding hydrogens is 270 g/mol. The van der Waals surface area contributed by atoms with Crippen molar-refractivity contribution in [3.63, 3.8) is 0 Å². The third-order valence-electron chi connectivity index (χ3n) is 3.30. The van der Waals surface area contributed by atoms with Crippen molar-refractivity contribution in [1.29, 1.82) is 0 Å². The van der Waals surface area contributed by atoms with Crippen molar-refractivity contribution < 1.29 is 19.1 Å². The number of fused-ring (bicyclic) bond motifs is 1. The molecule has 1 aliphatic rings. The molecule has 0 fully saturated rings. The zero-order chi connectivity index (χ0) is 15.6. The molecule has 0 bridgehead atoms. The minimum absolute atomic E-state index is 0.127. The predicted molar refractivity (Wildman–Crippen MR) is 80.3 cm³/mol. The maximum absolute atomic E-state index is 12.5. The first-order valence-corrected chi connectivity index (χ1v) is 6.81. The zero-order valence-corrected chi connectivity index (χ0v) is 12.5. The largest absolute Gasteiger partial charge is 0.493 e. The minimum atomic E-state index is -0.548. The highest BCUT2D eigenvalue weighted by atomic mass is 16.5. The third kappa shape index (κ3) is 2.77. The molecule has 1 aliphatic heterocycles. The molecule has 0 saturated heterocycles. The van der Waals surface area contributed by atoms with E-state index in [1.54, 1.807) is 17.0 Å². The minimum Gasteiger partial charge on any atom is -0.493 e. The number of aldehydes is 1. The van der Waals surface area contributed by atoms with Gasteiger partial charge in [-0.1, -0.05) is 19.1 Å². The second kappa shape index (κ2) is 5.99. The van der Waals surface area contributed by atoms with Gasteiger partial charge in [0.05, 0.1) is 12.8 Å². The van der Waals surface area contributed by atoms with Crippen LogP contribution in [0.15, 0.2) is 24.3 Å². The highest BCUT2D eigenvalue weighted by Gasteiger charge is 2.35. The molecule has 0 N–H and O–H groups in total. The van der Waals surface area contributed by atoms with Crippen LogP contribution in [0, 0.1) is 0 Å². The fraction of sp³-hybridized carbons (Fsp3) is 0.375. The van der Waals surface area contributed by atoms with Gasteiger partial charge in [-0.3, -0.25) is 9.59 Å². The van der Waals surface area contributed by atoms with E-state index in [0.717, 1.165) is 11.9 Å². The number of rotatable bonds is 5. The average Bonchev–Trinajstić information content (AvgIpc) is 2.48. The normalized spacial score (nSPS) is 17.0. The van der Waals surface area contributed by atoms with E-state index in [1.165, 1.54) is 7.11 Å². The van der Waals surface area contributed by atoms with Crippen molar-refractivity contribution in [2.24, 2.45) is 0 Å². The quantitative estimate of drug-likeness (QED) is 0.617. The summed E-state index contributed by atoms with van der Waals surface area (Å²) < 4.78 is 11.1. The Balaban J connectivity index is 2.60. The van der Waals surface area contributed by atoms with E-state index in [0.29, 0.717) is 35.7 Å². The fourth-order valence-electron chi connectivity index (χ4n) is 2.32. The van der Waals surface area contributed by atoms with Crippen LogP contribution in [-0.4, -0.2) is 32.0 Å². The van der Waals surface area contributed by atoms with Crippen LogP contribution in [0.25, 0.3) is 0 Å². The second-order valence-corrected chi connectivity index (χ2v) is 5.09.